The normalized spacial score (nSPS) is 17.1. The second kappa shape index (κ2) is 6.03. The summed E-state index contributed by atoms with van der Waals surface area (Å²) in [7, 11) is 1.71. The van der Waals surface area contributed by atoms with Crippen LogP contribution in [-0.4, -0.2) is 25.1 Å². The number of hydrogen-bond acceptors (Lipinski definition) is 3. The molecule has 2 rings (SSSR count). The number of rotatable bonds is 4. The molecule has 1 saturated heterocycles. The molecule has 94 valence electrons. The van der Waals surface area contributed by atoms with E-state index in [4.69, 9.17) is 10.5 Å². The predicted octanol–water partition coefficient (Wildman–Crippen LogP) is 2.14. The number of nitrogens with two attached hydrogens (primary N) is 1. The first kappa shape index (κ1) is 12.4. The Balaban J connectivity index is 2.05. The van der Waals surface area contributed by atoms with Crippen molar-refractivity contribution in [2.24, 2.45) is 5.73 Å². The smallest absolute Gasteiger partial charge is 0.123 e. The number of benzene rings is 1. The van der Waals surface area contributed by atoms with Gasteiger partial charge in [0, 0.05) is 18.7 Å². The first-order chi connectivity index (χ1) is 8.33. The van der Waals surface area contributed by atoms with Crippen molar-refractivity contribution < 1.29 is 4.74 Å². The summed E-state index contributed by atoms with van der Waals surface area (Å²) in [5.41, 5.74) is 8.07. The lowest BCUT2D eigenvalue weighted by atomic mass is 10.1. The molecular formula is C14H22N2O. The summed E-state index contributed by atoms with van der Waals surface area (Å²) in [4.78, 5) is 2.51. The third-order valence-electron chi connectivity index (χ3n) is 3.43. The minimum atomic E-state index is 0.535. The van der Waals surface area contributed by atoms with Crippen LogP contribution in [0.15, 0.2) is 18.2 Å². The van der Waals surface area contributed by atoms with Crippen LogP contribution in [0.5, 0.6) is 5.75 Å². The fourth-order valence-electron chi connectivity index (χ4n) is 2.43. The molecule has 0 bridgehead atoms. The highest BCUT2D eigenvalue weighted by Gasteiger charge is 2.11. The van der Waals surface area contributed by atoms with Crippen molar-refractivity contribution in [1.29, 1.82) is 0 Å². The first-order valence-electron chi connectivity index (χ1n) is 6.41. The highest BCUT2D eigenvalue weighted by Crippen LogP contribution is 2.21. The molecule has 3 heteroatoms. The van der Waals surface area contributed by atoms with Crippen molar-refractivity contribution in [3.05, 3.63) is 29.3 Å². The van der Waals surface area contributed by atoms with Crippen molar-refractivity contribution in [3.8, 4) is 5.75 Å². The molecule has 1 heterocycles. The van der Waals surface area contributed by atoms with Gasteiger partial charge >= 0.3 is 0 Å². The van der Waals surface area contributed by atoms with Crippen LogP contribution in [0.3, 0.4) is 0 Å². The van der Waals surface area contributed by atoms with Crippen molar-refractivity contribution in [2.75, 3.05) is 20.2 Å². The SMILES string of the molecule is COc1cc(CN2CCCCC2)ccc1CN. The molecule has 1 aliphatic rings. The summed E-state index contributed by atoms with van der Waals surface area (Å²) in [5, 5.41) is 0. The van der Waals surface area contributed by atoms with Gasteiger partial charge in [-0.3, -0.25) is 4.90 Å². The van der Waals surface area contributed by atoms with Crippen LogP contribution in [0.1, 0.15) is 30.4 Å². The lowest BCUT2D eigenvalue weighted by Gasteiger charge is -2.26. The summed E-state index contributed by atoms with van der Waals surface area (Å²) < 4.78 is 5.37. The third kappa shape index (κ3) is 3.20. The summed E-state index contributed by atoms with van der Waals surface area (Å²) in [6, 6.07) is 6.37. The van der Waals surface area contributed by atoms with Crippen molar-refractivity contribution in [1.82, 2.24) is 4.90 Å². The van der Waals surface area contributed by atoms with Gasteiger partial charge in [0.25, 0.3) is 0 Å². The minimum absolute atomic E-state index is 0.535. The van der Waals surface area contributed by atoms with Gasteiger partial charge in [-0.1, -0.05) is 18.6 Å². The Hall–Kier alpha value is -1.06. The van der Waals surface area contributed by atoms with E-state index < -0.39 is 0 Å². The standard InChI is InChI=1S/C14H22N2O/c1-17-14-9-12(5-6-13(14)10-15)11-16-7-3-2-4-8-16/h5-6,9H,2-4,7-8,10-11,15H2,1H3. The van der Waals surface area contributed by atoms with E-state index in [0.29, 0.717) is 6.54 Å². The number of likely N-dealkylation sites (tertiary alicyclic amines) is 1. The Morgan fingerprint density at radius 3 is 2.65 bits per heavy atom. The average molecular weight is 234 g/mol. The molecule has 0 saturated carbocycles. The number of ether oxygens (including phenoxy) is 1. The number of methoxy groups -OCH3 is 1. The van der Waals surface area contributed by atoms with E-state index in [-0.39, 0.29) is 0 Å². The zero-order chi connectivity index (χ0) is 12.1. The molecule has 0 spiro atoms. The molecule has 1 fully saturated rings. The highest BCUT2D eigenvalue weighted by molar-refractivity contribution is 5.37. The molecular weight excluding hydrogens is 212 g/mol. The molecule has 1 aromatic carbocycles. The Morgan fingerprint density at radius 2 is 2.00 bits per heavy atom. The van der Waals surface area contributed by atoms with Gasteiger partial charge in [0.15, 0.2) is 0 Å². The van der Waals surface area contributed by atoms with Crippen LogP contribution >= 0.6 is 0 Å². The maximum atomic E-state index is 5.67. The second-order valence-electron chi connectivity index (χ2n) is 4.69. The quantitative estimate of drug-likeness (QED) is 0.867. The molecule has 0 aromatic heterocycles. The first-order valence-corrected chi connectivity index (χ1v) is 6.41. The second-order valence-corrected chi connectivity index (χ2v) is 4.69. The summed E-state index contributed by atoms with van der Waals surface area (Å²) in [6.45, 7) is 4.01. The molecule has 1 aliphatic heterocycles. The van der Waals surface area contributed by atoms with Gasteiger partial charge in [0.1, 0.15) is 5.75 Å². The molecule has 1 aromatic rings. The minimum Gasteiger partial charge on any atom is -0.496 e. The maximum absolute atomic E-state index is 5.67. The molecule has 3 nitrogen and oxygen atoms in total. The van der Waals surface area contributed by atoms with Gasteiger partial charge in [-0.05, 0) is 37.6 Å². The van der Waals surface area contributed by atoms with Crippen LogP contribution in [0.2, 0.25) is 0 Å². The van der Waals surface area contributed by atoms with Crippen LogP contribution in [0, 0.1) is 0 Å². The number of nitrogens with zero attached hydrogens (tertiary/aromatic N) is 1. The van der Waals surface area contributed by atoms with Crippen LogP contribution in [0.25, 0.3) is 0 Å². The van der Waals surface area contributed by atoms with Crippen LogP contribution in [-0.2, 0) is 13.1 Å². The van der Waals surface area contributed by atoms with Gasteiger partial charge in [-0.25, -0.2) is 0 Å². The van der Waals surface area contributed by atoms with Gasteiger partial charge in [-0.2, -0.15) is 0 Å². The Bertz CT molecular complexity index is 359. The van der Waals surface area contributed by atoms with E-state index in [0.717, 1.165) is 17.9 Å². The molecule has 0 unspecified atom stereocenters. The van der Waals surface area contributed by atoms with E-state index in [9.17, 15) is 0 Å². The van der Waals surface area contributed by atoms with E-state index >= 15 is 0 Å². The highest BCUT2D eigenvalue weighted by atomic mass is 16.5. The largest absolute Gasteiger partial charge is 0.496 e. The van der Waals surface area contributed by atoms with Gasteiger partial charge < -0.3 is 10.5 Å². The average Bonchev–Trinajstić information content (AvgIpc) is 2.40. The summed E-state index contributed by atoms with van der Waals surface area (Å²) >= 11 is 0. The summed E-state index contributed by atoms with van der Waals surface area (Å²) in [6.07, 6.45) is 4.04. The zero-order valence-electron chi connectivity index (χ0n) is 10.6. The third-order valence-corrected chi connectivity index (χ3v) is 3.43. The fourth-order valence-corrected chi connectivity index (χ4v) is 2.43. The molecule has 0 radical (unpaired) electrons. The fraction of sp³-hybridized carbons (Fsp3) is 0.571. The van der Waals surface area contributed by atoms with E-state index in [1.54, 1.807) is 7.11 Å². The molecule has 0 atom stereocenters. The monoisotopic (exact) mass is 234 g/mol. The lowest BCUT2D eigenvalue weighted by molar-refractivity contribution is 0.220. The number of piperidine rings is 1. The zero-order valence-corrected chi connectivity index (χ0v) is 10.6. The van der Waals surface area contributed by atoms with E-state index in [1.165, 1.54) is 37.9 Å². The van der Waals surface area contributed by atoms with Crippen molar-refractivity contribution >= 4 is 0 Å². The van der Waals surface area contributed by atoms with Gasteiger partial charge in [0.05, 0.1) is 7.11 Å². The van der Waals surface area contributed by atoms with Crippen molar-refractivity contribution in [3.63, 3.8) is 0 Å². The maximum Gasteiger partial charge on any atom is 0.123 e. The summed E-state index contributed by atoms with van der Waals surface area (Å²) in [5.74, 6) is 0.919. The van der Waals surface area contributed by atoms with Crippen LogP contribution < -0.4 is 10.5 Å². The van der Waals surface area contributed by atoms with Crippen molar-refractivity contribution in [2.45, 2.75) is 32.4 Å². The Kier molecular flexibility index (Phi) is 4.40. The molecule has 0 aliphatic carbocycles. The molecule has 0 amide bonds. The van der Waals surface area contributed by atoms with E-state index in [2.05, 4.69) is 23.1 Å². The topological polar surface area (TPSA) is 38.5 Å². The Morgan fingerprint density at radius 1 is 1.24 bits per heavy atom. The van der Waals surface area contributed by atoms with Gasteiger partial charge in [-0.15, -0.1) is 0 Å². The lowest BCUT2D eigenvalue weighted by Crippen LogP contribution is -2.29. The van der Waals surface area contributed by atoms with Gasteiger partial charge in [0.2, 0.25) is 0 Å². The predicted molar refractivity (Wildman–Crippen MR) is 70.0 cm³/mol. The van der Waals surface area contributed by atoms with E-state index in [1.807, 2.05) is 0 Å². The Labute approximate surface area is 104 Å². The molecule has 2 N–H and O–H groups in total. The number of hydrogen-bond donors (Lipinski definition) is 1. The van der Waals surface area contributed by atoms with Crippen LogP contribution in [0.4, 0.5) is 0 Å². The molecule has 17 heavy (non-hydrogen) atoms.